The lowest BCUT2D eigenvalue weighted by Crippen LogP contribution is -2.07. The van der Waals surface area contributed by atoms with Crippen LogP contribution in [-0.4, -0.2) is 16.1 Å². The van der Waals surface area contributed by atoms with E-state index in [0.717, 1.165) is 30.3 Å². The second-order valence-corrected chi connectivity index (χ2v) is 5.58. The average Bonchev–Trinajstić information content (AvgIpc) is 2.71. The summed E-state index contributed by atoms with van der Waals surface area (Å²) in [7, 11) is 0. The highest BCUT2D eigenvalue weighted by Gasteiger charge is 2.06. The zero-order chi connectivity index (χ0) is 13.0. The first-order valence-electron chi connectivity index (χ1n) is 6.26. The molecule has 0 spiro atoms. The normalized spacial score (nSPS) is 10.6. The van der Waals surface area contributed by atoms with Crippen LogP contribution >= 0.6 is 22.6 Å². The number of aromatic nitrogens is 2. The van der Waals surface area contributed by atoms with Crippen molar-refractivity contribution in [2.75, 3.05) is 11.9 Å². The Balaban J connectivity index is 2.26. The topological polar surface area (TPSA) is 29.9 Å². The van der Waals surface area contributed by atoms with Crippen LogP contribution in [0.4, 0.5) is 5.95 Å². The van der Waals surface area contributed by atoms with Gasteiger partial charge >= 0.3 is 0 Å². The van der Waals surface area contributed by atoms with Crippen molar-refractivity contribution in [3.05, 3.63) is 39.7 Å². The SMILES string of the molecule is CCCCNc1nc(C)cn1-c1cccc(I)c1. The minimum Gasteiger partial charge on any atom is -0.355 e. The fourth-order valence-electron chi connectivity index (χ4n) is 1.82. The molecular formula is C14H18IN3. The Labute approximate surface area is 122 Å². The molecule has 1 aromatic carbocycles. The van der Waals surface area contributed by atoms with E-state index in [0.29, 0.717) is 0 Å². The first kappa shape index (κ1) is 13.4. The molecule has 1 N–H and O–H groups in total. The Morgan fingerprint density at radius 1 is 1.39 bits per heavy atom. The Morgan fingerprint density at radius 3 is 2.94 bits per heavy atom. The fourth-order valence-corrected chi connectivity index (χ4v) is 2.35. The van der Waals surface area contributed by atoms with Crippen molar-refractivity contribution in [3.8, 4) is 5.69 Å². The van der Waals surface area contributed by atoms with Gasteiger partial charge in [0.1, 0.15) is 0 Å². The van der Waals surface area contributed by atoms with Gasteiger partial charge in [-0.1, -0.05) is 19.4 Å². The predicted octanol–water partition coefficient (Wildman–Crippen LogP) is 4.00. The Hall–Kier alpha value is -1.04. The summed E-state index contributed by atoms with van der Waals surface area (Å²) < 4.78 is 3.35. The third kappa shape index (κ3) is 3.25. The van der Waals surface area contributed by atoms with Gasteiger partial charge in [-0.3, -0.25) is 4.57 Å². The van der Waals surface area contributed by atoms with Gasteiger partial charge in [0.2, 0.25) is 5.95 Å². The standard InChI is InChI=1S/C14H18IN3/c1-3-4-8-16-14-17-11(2)10-18(14)13-7-5-6-12(15)9-13/h5-7,9-10H,3-4,8H2,1-2H3,(H,16,17). The maximum atomic E-state index is 4.54. The Morgan fingerprint density at radius 2 is 2.22 bits per heavy atom. The van der Waals surface area contributed by atoms with Gasteiger partial charge in [-0.15, -0.1) is 0 Å². The fraction of sp³-hybridized carbons (Fsp3) is 0.357. The number of nitrogens with zero attached hydrogens (tertiary/aromatic N) is 2. The number of unbranched alkanes of at least 4 members (excludes halogenated alkanes) is 1. The van der Waals surface area contributed by atoms with E-state index < -0.39 is 0 Å². The van der Waals surface area contributed by atoms with Crippen molar-refractivity contribution >= 4 is 28.5 Å². The van der Waals surface area contributed by atoms with Crippen molar-refractivity contribution in [1.82, 2.24) is 9.55 Å². The molecule has 0 bridgehead atoms. The van der Waals surface area contributed by atoms with Gasteiger partial charge < -0.3 is 5.32 Å². The van der Waals surface area contributed by atoms with Gasteiger partial charge in [-0.05, 0) is 54.1 Å². The maximum absolute atomic E-state index is 4.54. The number of nitrogens with one attached hydrogen (secondary N) is 1. The van der Waals surface area contributed by atoms with Gasteiger partial charge in [0.25, 0.3) is 0 Å². The Kier molecular flexibility index (Phi) is 4.63. The molecule has 0 aliphatic carbocycles. The number of halogens is 1. The zero-order valence-corrected chi connectivity index (χ0v) is 12.9. The molecule has 0 unspecified atom stereocenters. The molecule has 0 atom stereocenters. The van der Waals surface area contributed by atoms with Crippen LogP contribution in [0.15, 0.2) is 30.5 Å². The summed E-state index contributed by atoms with van der Waals surface area (Å²) in [6.45, 7) is 5.19. The van der Waals surface area contributed by atoms with Gasteiger partial charge in [0.05, 0.1) is 5.69 Å². The van der Waals surface area contributed by atoms with Crippen molar-refractivity contribution < 1.29 is 0 Å². The van der Waals surface area contributed by atoms with E-state index >= 15 is 0 Å². The molecule has 0 amide bonds. The van der Waals surface area contributed by atoms with Crippen molar-refractivity contribution in [1.29, 1.82) is 0 Å². The summed E-state index contributed by atoms with van der Waals surface area (Å²) in [5.41, 5.74) is 2.19. The van der Waals surface area contributed by atoms with Crippen molar-refractivity contribution in [2.45, 2.75) is 26.7 Å². The van der Waals surface area contributed by atoms with Crippen molar-refractivity contribution in [3.63, 3.8) is 0 Å². The van der Waals surface area contributed by atoms with Crippen LogP contribution in [0.25, 0.3) is 5.69 Å². The van der Waals surface area contributed by atoms with Crippen LogP contribution in [0, 0.1) is 10.5 Å². The summed E-state index contributed by atoms with van der Waals surface area (Å²) in [5, 5.41) is 3.40. The third-order valence-corrected chi connectivity index (χ3v) is 3.40. The quantitative estimate of drug-likeness (QED) is 0.649. The second-order valence-electron chi connectivity index (χ2n) is 4.34. The molecule has 4 heteroatoms. The first-order chi connectivity index (χ1) is 8.70. The van der Waals surface area contributed by atoms with E-state index in [1.807, 2.05) is 6.92 Å². The van der Waals surface area contributed by atoms with E-state index in [4.69, 9.17) is 0 Å². The number of hydrogen-bond acceptors (Lipinski definition) is 2. The molecule has 0 aliphatic heterocycles. The van der Waals surface area contributed by atoms with E-state index in [1.54, 1.807) is 0 Å². The largest absolute Gasteiger partial charge is 0.355 e. The molecule has 2 rings (SSSR count). The number of aryl methyl sites for hydroxylation is 1. The molecule has 0 radical (unpaired) electrons. The van der Waals surface area contributed by atoms with Crippen LogP contribution in [0.1, 0.15) is 25.5 Å². The molecule has 18 heavy (non-hydrogen) atoms. The van der Waals surface area contributed by atoms with Gasteiger partial charge in [-0.2, -0.15) is 0 Å². The highest BCUT2D eigenvalue weighted by atomic mass is 127. The molecule has 3 nitrogen and oxygen atoms in total. The Bertz CT molecular complexity index is 520. The second kappa shape index (κ2) is 6.22. The molecule has 0 aliphatic rings. The summed E-state index contributed by atoms with van der Waals surface area (Å²) in [5.74, 6) is 0.933. The van der Waals surface area contributed by atoms with Gasteiger partial charge in [0.15, 0.2) is 0 Å². The number of anilines is 1. The highest BCUT2D eigenvalue weighted by molar-refractivity contribution is 14.1. The van der Waals surface area contributed by atoms with E-state index in [1.165, 1.54) is 9.99 Å². The number of imidazole rings is 1. The lowest BCUT2D eigenvalue weighted by atomic mass is 10.3. The maximum Gasteiger partial charge on any atom is 0.207 e. The minimum absolute atomic E-state index is 0.933. The van der Waals surface area contributed by atoms with Crippen molar-refractivity contribution in [2.24, 2.45) is 0 Å². The lowest BCUT2D eigenvalue weighted by Gasteiger charge is -2.09. The first-order valence-corrected chi connectivity index (χ1v) is 7.34. The van der Waals surface area contributed by atoms with Gasteiger partial charge in [-0.25, -0.2) is 4.98 Å². The molecule has 0 fully saturated rings. The molecule has 1 aromatic heterocycles. The van der Waals surface area contributed by atoms with E-state index in [9.17, 15) is 0 Å². The summed E-state index contributed by atoms with van der Waals surface area (Å²) in [4.78, 5) is 4.54. The zero-order valence-electron chi connectivity index (χ0n) is 10.8. The molecule has 0 saturated heterocycles. The summed E-state index contributed by atoms with van der Waals surface area (Å²) >= 11 is 2.33. The molecule has 2 aromatic rings. The number of rotatable bonds is 5. The van der Waals surface area contributed by atoms with Crippen LogP contribution in [0.3, 0.4) is 0 Å². The smallest absolute Gasteiger partial charge is 0.207 e. The van der Waals surface area contributed by atoms with E-state index in [-0.39, 0.29) is 0 Å². The number of hydrogen-bond donors (Lipinski definition) is 1. The molecule has 1 heterocycles. The van der Waals surface area contributed by atoms with Crippen LogP contribution < -0.4 is 5.32 Å². The van der Waals surface area contributed by atoms with Crippen LogP contribution in [0.2, 0.25) is 0 Å². The summed E-state index contributed by atoms with van der Waals surface area (Å²) in [6.07, 6.45) is 4.42. The van der Waals surface area contributed by atoms with Crippen LogP contribution in [-0.2, 0) is 0 Å². The monoisotopic (exact) mass is 355 g/mol. The van der Waals surface area contributed by atoms with Gasteiger partial charge in [0, 0.05) is 22.0 Å². The van der Waals surface area contributed by atoms with E-state index in [2.05, 4.69) is 74.8 Å². The van der Waals surface area contributed by atoms with Crippen LogP contribution in [0.5, 0.6) is 0 Å². The summed E-state index contributed by atoms with van der Waals surface area (Å²) in [6, 6.07) is 8.43. The lowest BCUT2D eigenvalue weighted by molar-refractivity contribution is 0.823. The molecular weight excluding hydrogens is 337 g/mol. The predicted molar refractivity (Wildman–Crippen MR) is 84.4 cm³/mol. The highest BCUT2D eigenvalue weighted by Crippen LogP contribution is 2.18. The number of benzene rings is 1. The molecule has 0 saturated carbocycles. The minimum atomic E-state index is 0.933. The third-order valence-electron chi connectivity index (χ3n) is 2.73. The average molecular weight is 355 g/mol. The molecule has 96 valence electrons.